The number of amides is 3. The molecule has 3 N–H and O–H groups in total. The molecular formula is C45H56FN5O7S. The number of fused-ring (bicyclic) bond motifs is 5. The van der Waals surface area contributed by atoms with Crippen LogP contribution >= 0.6 is 0 Å². The molecule has 3 amide bonds. The Kier molecular flexibility index (Phi) is 10.9. The summed E-state index contributed by atoms with van der Waals surface area (Å²) in [6.45, 7) is 7.63. The number of benzene rings is 2. The van der Waals surface area contributed by atoms with Crippen LogP contribution in [0.5, 0.6) is 5.75 Å². The summed E-state index contributed by atoms with van der Waals surface area (Å²) in [5.41, 5.74) is -0.334. The van der Waals surface area contributed by atoms with Crippen LogP contribution < -0.4 is 20.1 Å². The molecule has 12 nitrogen and oxygen atoms in total. The number of allylic oxidation sites excluding steroid dienone is 1. The van der Waals surface area contributed by atoms with Gasteiger partial charge in [-0.15, -0.1) is 0 Å². The predicted octanol–water partition coefficient (Wildman–Crippen LogP) is 6.22. The number of aryl methyl sites for hydroxylation is 1. The number of hydrogen-bond acceptors (Lipinski definition) is 9. The number of nitrogens with one attached hydrogen (secondary N) is 3. The zero-order chi connectivity index (χ0) is 41.8. The van der Waals surface area contributed by atoms with E-state index in [9.17, 15) is 27.2 Å². The number of para-hydroxylation sites is 1. The number of sulfonamides is 1. The number of carbonyl (C=O) groups excluding carboxylic acids is 3. The Labute approximate surface area is 346 Å². The molecular weight excluding hydrogens is 774 g/mol. The average Bonchev–Trinajstić information content (AvgIpc) is 3.85. The molecule has 2 aromatic carbocycles. The van der Waals surface area contributed by atoms with Gasteiger partial charge in [0.2, 0.25) is 21.8 Å². The van der Waals surface area contributed by atoms with Crippen molar-refractivity contribution in [1.29, 1.82) is 0 Å². The first kappa shape index (κ1) is 41.3. The van der Waals surface area contributed by atoms with Crippen molar-refractivity contribution in [2.24, 2.45) is 5.92 Å². The van der Waals surface area contributed by atoms with E-state index in [0.717, 1.165) is 42.1 Å². The third kappa shape index (κ3) is 8.12. The fourth-order valence-electron chi connectivity index (χ4n) is 9.10. The number of carbonyl (C=O) groups is 3. The smallest absolute Gasteiger partial charge is 0.259 e. The van der Waals surface area contributed by atoms with E-state index in [2.05, 4.69) is 15.4 Å². The largest absolute Gasteiger partial charge is 0.483 e. The second kappa shape index (κ2) is 15.6. The molecule has 1 saturated heterocycles. The first-order valence-corrected chi connectivity index (χ1v) is 22.6. The third-order valence-electron chi connectivity index (χ3n) is 13.1. The summed E-state index contributed by atoms with van der Waals surface area (Å²) in [6.07, 6.45) is 10.6. The molecule has 5 aliphatic rings. The summed E-state index contributed by atoms with van der Waals surface area (Å²) in [5, 5.41) is 7.30. The van der Waals surface area contributed by atoms with Crippen LogP contribution in [0.25, 0.3) is 22.2 Å². The van der Waals surface area contributed by atoms with Gasteiger partial charge in [0.15, 0.2) is 0 Å². The second-order valence-corrected chi connectivity index (χ2v) is 20.7. The molecule has 3 fully saturated rings. The minimum Gasteiger partial charge on any atom is -0.483 e. The quantitative estimate of drug-likeness (QED) is 0.186. The lowest BCUT2D eigenvalue weighted by Gasteiger charge is -2.48. The summed E-state index contributed by atoms with van der Waals surface area (Å²) < 4.78 is 55.9. The molecule has 316 valence electrons. The summed E-state index contributed by atoms with van der Waals surface area (Å²) in [7, 11) is -4.00. The molecule has 3 aromatic rings. The highest BCUT2D eigenvalue weighted by Crippen LogP contribution is 2.48. The number of hydrogen-bond donors (Lipinski definition) is 3. The molecule has 3 aliphatic heterocycles. The molecule has 5 unspecified atom stereocenters. The third-order valence-corrected chi connectivity index (χ3v) is 15.3. The molecule has 2 aliphatic carbocycles. The first-order valence-electron chi connectivity index (χ1n) is 21.1. The van der Waals surface area contributed by atoms with Gasteiger partial charge in [-0.1, -0.05) is 55.3 Å². The topological polar surface area (TPSA) is 156 Å². The van der Waals surface area contributed by atoms with Gasteiger partial charge in [0.05, 0.1) is 35.2 Å². The fourth-order valence-corrected chi connectivity index (χ4v) is 10.4. The van der Waals surface area contributed by atoms with Gasteiger partial charge in [-0.2, -0.15) is 0 Å². The number of pyridine rings is 1. The van der Waals surface area contributed by atoms with Crippen LogP contribution in [-0.4, -0.2) is 82.9 Å². The van der Waals surface area contributed by atoms with Crippen LogP contribution in [0.3, 0.4) is 0 Å². The minimum atomic E-state index is -4.00. The van der Waals surface area contributed by atoms with Crippen LogP contribution in [0.4, 0.5) is 4.39 Å². The lowest BCUT2D eigenvalue weighted by molar-refractivity contribution is -0.145. The van der Waals surface area contributed by atoms with Crippen molar-refractivity contribution in [3.8, 4) is 17.0 Å². The van der Waals surface area contributed by atoms with E-state index >= 15 is 0 Å². The van der Waals surface area contributed by atoms with E-state index in [1.165, 1.54) is 12.1 Å². The molecule has 0 bridgehead atoms. The number of halogens is 1. The maximum Gasteiger partial charge on any atom is 0.259 e. The lowest BCUT2D eigenvalue weighted by atomic mass is 9.65. The van der Waals surface area contributed by atoms with Gasteiger partial charge < -0.3 is 19.7 Å². The molecule has 8 rings (SSSR count). The minimum absolute atomic E-state index is 0.0757. The average molecular weight is 830 g/mol. The Balaban J connectivity index is 1.18. The van der Waals surface area contributed by atoms with Crippen LogP contribution in [0.1, 0.15) is 104 Å². The van der Waals surface area contributed by atoms with Gasteiger partial charge >= 0.3 is 0 Å². The van der Waals surface area contributed by atoms with E-state index in [4.69, 9.17) is 14.5 Å². The van der Waals surface area contributed by atoms with Gasteiger partial charge in [0.1, 0.15) is 34.4 Å². The van der Waals surface area contributed by atoms with Crippen molar-refractivity contribution in [2.75, 3.05) is 13.3 Å². The van der Waals surface area contributed by atoms with E-state index in [0.29, 0.717) is 55.5 Å². The van der Waals surface area contributed by atoms with Gasteiger partial charge in [0, 0.05) is 28.9 Å². The molecule has 1 aromatic heterocycles. The molecule has 59 heavy (non-hydrogen) atoms. The molecule has 2 saturated carbocycles. The summed E-state index contributed by atoms with van der Waals surface area (Å²) in [6, 6.07) is 12.2. The maximum atomic E-state index is 15.0. The van der Waals surface area contributed by atoms with Crippen molar-refractivity contribution in [1.82, 2.24) is 25.2 Å². The predicted molar refractivity (Wildman–Crippen MR) is 222 cm³/mol. The zero-order valence-corrected chi connectivity index (χ0v) is 35.3. The van der Waals surface area contributed by atoms with Crippen LogP contribution in [0.15, 0.2) is 60.7 Å². The van der Waals surface area contributed by atoms with Gasteiger partial charge in [-0.05, 0) is 104 Å². The normalized spacial score (nSPS) is 28.3. The molecule has 4 heterocycles. The van der Waals surface area contributed by atoms with Crippen molar-refractivity contribution in [3.63, 3.8) is 0 Å². The van der Waals surface area contributed by atoms with Crippen LogP contribution in [-0.2, 0) is 35.6 Å². The van der Waals surface area contributed by atoms with Crippen molar-refractivity contribution in [2.45, 2.75) is 138 Å². The van der Waals surface area contributed by atoms with E-state index < -0.39 is 67.1 Å². The van der Waals surface area contributed by atoms with Crippen molar-refractivity contribution in [3.05, 3.63) is 72.1 Å². The summed E-state index contributed by atoms with van der Waals surface area (Å²) >= 11 is 0. The fraction of sp³-hybridized carbons (Fsp3) is 0.556. The standard InChI is InChI=1S/C45H56FN5O7S/c1-42(2,3)57-28-47-35-18-9-7-5-6-8-14-30-19-22-45(30,41(54)50-59(55,56)43(4)23-24-43)49-39(52)36-26-44(27-51(36)40(35)53)21-20-33-32-16-10-11-17-34(32)48-37(38(33)58-44)29-13-12-15-31(46)25-29/h8,10-17,25,30,35-36,47H,5-7,9,18-24,26-28H2,1-4H3,(H,49,52)(H,50,54). The lowest BCUT2D eigenvalue weighted by Crippen LogP contribution is -2.70. The Bertz CT molecular complexity index is 2290. The highest BCUT2D eigenvalue weighted by Gasteiger charge is 2.59. The Morgan fingerprint density at radius 2 is 1.85 bits per heavy atom. The molecule has 0 radical (unpaired) electrons. The highest BCUT2D eigenvalue weighted by molar-refractivity contribution is 7.91. The van der Waals surface area contributed by atoms with Crippen LogP contribution in [0.2, 0.25) is 0 Å². The van der Waals surface area contributed by atoms with Crippen molar-refractivity contribution >= 4 is 38.6 Å². The maximum absolute atomic E-state index is 15.0. The second-order valence-electron chi connectivity index (χ2n) is 18.5. The highest BCUT2D eigenvalue weighted by atomic mass is 32.2. The Hall–Kier alpha value is -4.40. The van der Waals surface area contributed by atoms with E-state index in [-0.39, 0.29) is 32.0 Å². The molecule has 1 spiro atoms. The number of aromatic nitrogens is 1. The number of ether oxygens (including phenoxy) is 2. The van der Waals surface area contributed by atoms with Gasteiger partial charge in [-0.3, -0.25) is 24.4 Å². The van der Waals surface area contributed by atoms with Gasteiger partial charge in [0.25, 0.3) is 5.91 Å². The van der Waals surface area contributed by atoms with Gasteiger partial charge in [-0.25, -0.2) is 17.8 Å². The van der Waals surface area contributed by atoms with Crippen molar-refractivity contribution < 1.29 is 36.7 Å². The SMILES string of the molecule is CC(C)(C)OCNC1CCCCCC=CC2CCC2(C(=O)NS(=O)(=O)C2(C)CC2)NC(=O)C2CC3(CCc4c(c(-c5cccc(F)c5)nc5ccccc45)O3)CN2C1=O. The summed E-state index contributed by atoms with van der Waals surface area (Å²) in [5.74, 6) is -1.95. The summed E-state index contributed by atoms with van der Waals surface area (Å²) in [4.78, 5) is 50.7. The van der Waals surface area contributed by atoms with Crippen LogP contribution in [0, 0.1) is 11.7 Å². The van der Waals surface area contributed by atoms with E-state index in [1.807, 2.05) is 57.2 Å². The monoisotopic (exact) mass is 829 g/mol. The zero-order valence-electron chi connectivity index (χ0n) is 34.4. The number of rotatable bonds is 7. The molecule has 5 atom stereocenters. The Morgan fingerprint density at radius 1 is 1.05 bits per heavy atom. The number of nitrogens with zero attached hydrogens (tertiary/aromatic N) is 2. The first-order chi connectivity index (χ1) is 28.0. The Morgan fingerprint density at radius 3 is 2.58 bits per heavy atom. The van der Waals surface area contributed by atoms with E-state index in [1.54, 1.807) is 24.0 Å². The molecule has 14 heteroatoms.